The van der Waals surface area contributed by atoms with Crippen molar-refractivity contribution < 1.29 is 13.9 Å². The van der Waals surface area contributed by atoms with Crippen molar-refractivity contribution >= 4 is 0 Å². The van der Waals surface area contributed by atoms with Gasteiger partial charge in [-0.25, -0.2) is 8.78 Å². The zero-order valence-electron chi connectivity index (χ0n) is 7.39. The van der Waals surface area contributed by atoms with E-state index in [-0.39, 0.29) is 18.6 Å². The molecule has 2 aliphatic heterocycles. The zero-order valence-corrected chi connectivity index (χ0v) is 7.39. The highest BCUT2D eigenvalue weighted by Gasteiger charge is 2.77. The zero-order chi connectivity index (χ0) is 9.32. The van der Waals surface area contributed by atoms with Gasteiger partial charge >= 0.3 is 0 Å². The summed E-state index contributed by atoms with van der Waals surface area (Å²) in [6, 6.07) is 0. The summed E-state index contributed by atoms with van der Waals surface area (Å²) in [6.45, 7) is 1.43. The third-order valence-electron chi connectivity index (χ3n) is 4.18. The molecule has 1 aliphatic carbocycles. The first-order valence-corrected chi connectivity index (χ1v) is 4.78. The number of hydrogen-bond acceptors (Lipinski definition) is 2. The lowest BCUT2D eigenvalue weighted by Gasteiger charge is -2.46. The molecule has 4 heteroatoms. The van der Waals surface area contributed by atoms with Crippen LogP contribution in [-0.4, -0.2) is 41.2 Å². The van der Waals surface area contributed by atoms with Crippen LogP contribution >= 0.6 is 0 Å². The molecule has 3 aliphatic rings. The van der Waals surface area contributed by atoms with Crippen LogP contribution in [-0.2, 0) is 0 Å². The Hall–Kier alpha value is -0.220. The van der Waals surface area contributed by atoms with Gasteiger partial charge in [0.25, 0.3) is 5.92 Å². The maximum atomic E-state index is 13.1. The highest BCUT2D eigenvalue weighted by molar-refractivity contribution is 5.23. The Morgan fingerprint density at radius 1 is 1.31 bits per heavy atom. The molecule has 0 radical (unpaired) electrons. The van der Waals surface area contributed by atoms with Gasteiger partial charge in [0.05, 0.1) is 12.0 Å². The SMILES string of the molecule is OC[C@]12CCN1C[C@@]1(CC1(F)F)C2. The Balaban J connectivity index is 1.86. The number of alkyl halides is 2. The maximum absolute atomic E-state index is 13.1. The molecule has 0 unspecified atom stereocenters. The molecule has 13 heavy (non-hydrogen) atoms. The molecule has 2 saturated heterocycles. The molecule has 2 nitrogen and oxygen atoms in total. The minimum atomic E-state index is -2.45. The van der Waals surface area contributed by atoms with Crippen molar-refractivity contribution in [2.45, 2.75) is 30.7 Å². The maximum Gasteiger partial charge on any atom is 0.255 e. The number of aliphatic hydroxyl groups excluding tert-OH is 1. The van der Waals surface area contributed by atoms with E-state index < -0.39 is 11.3 Å². The summed E-state index contributed by atoms with van der Waals surface area (Å²) in [6.07, 6.45) is 1.43. The minimum absolute atomic E-state index is 0.0399. The fraction of sp³-hybridized carbons (Fsp3) is 1.00. The van der Waals surface area contributed by atoms with E-state index in [1.54, 1.807) is 0 Å². The number of nitrogens with zero attached hydrogens (tertiary/aromatic N) is 1. The van der Waals surface area contributed by atoms with Crippen molar-refractivity contribution in [3.05, 3.63) is 0 Å². The Kier molecular flexibility index (Phi) is 1.19. The topological polar surface area (TPSA) is 23.5 Å². The van der Waals surface area contributed by atoms with Crippen LogP contribution in [0.1, 0.15) is 19.3 Å². The molecule has 2 atom stereocenters. The van der Waals surface area contributed by atoms with E-state index in [0.29, 0.717) is 13.0 Å². The first kappa shape index (κ1) is 8.12. The molecule has 1 spiro atoms. The fourth-order valence-electron chi connectivity index (χ4n) is 3.06. The molecule has 0 aromatic carbocycles. The molecule has 0 aromatic heterocycles. The molecule has 1 saturated carbocycles. The molecular weight excluding hydrogens is 176 g/mol. The van der Waals surface area contributed by atoms with Gasteiger partial charge in [0.1, 0.15) is 0 Å². The average molecular weight is 189 g/mol. The summed E-state index contributed by atoms with van der Waals surface area (Å²) in [5.74, 6) is -2.45. The van der Waals surface area contributed by atoms with Crippen LogP contribution < -0.4 is 0 Å². The Morgan fingerprint density at radius 2 is 2.00 bits per heavy atom. The minimum Gasteiger partial charge on any atom is -0.394 e. The quantitative estimate of drug-likeness (QED) is 0.661. The molecule has 1 N–H and O–H groups in total. The van der Waals surface area contributed by atoms with Crippen LogP contribution in [0.25, 0.3) is 0 Å². The van der Waals surface area contributed by atoms with Crippen molar-refractivity contribution in [2.75, 3.05) is 19.7 Å². The van der Waals surface area contributed by atoms with Crippen LogP contribution in [0.15, 0.2) is 0 Å². The van der Waals surface area contributed by atoms with E-state index in [1.165, 1.54) is 0 Å². The normalized spacial score (nSPS) is 51.9. The van der Waals surface area contributed by atoms with E-state index in [0.717, 1.165) is 13.0 Å². The predicted octanol–water partition coefficient (Wildman–Crippen LogP) is 0.852. The number of halogens is 2. The second-order valence-electron chi connectivity index (χ2n) is 4.89. The predicted molar refractivity (Wildman–Crippen MR) is 42.6 cm³/mol. The molecule has 0 amide bonds. The summed E-state index contributed by atoms with van der Waals surface area (Å²) in [5, 5.41) is 9.19. The van der Waals surface area contributed by atoms with Crippen LogP contribution in [0, 0.1) is 5.41 Å². The van der Waals surface area contributed by atoms with E-state index in [1.807, 2.05) is 4.90 Å². The largest absolute Gasteiger partial charge is 0.394 e. The summed E-state index contributed by atoms with van der Waals surface area (Å²) >= 11 is 0. The van der Waals surface area contributed by atoms with Crippen molar-refractivity contribution in [1.82, 2.24) is 4.90 Å². The van der Waals surface area contributed by atoms with E-state index in [9.17, 15) is 13.9 Å². The van der Waals surface area contributed by atoms with Crippen LogP contribution in [0.2, 0.25) is 0 Å². The van der Waals surface area contributed by atoms with Crippen molar-refractivity contribution in [3.63, 3.8) is 0 Å². The smallest absolute Gasteiger partial charge is 0.255 e. The van der Waals surface area contributed by atoms with Gasteiger partial charge in [-0.1, -0.05) is 0 Å². The fourth-order valence-corrected chi connectivity index (χ4v) is 3.06. The average Bonchev–Trinajstić information content (AvgIpc) is 2.50. The summed E-state index contributed by atoms with van der Waals surface area (Å²) < 4.78 is 26.1. The van der Waals surface area contributed by atoms with Gasteiger partial charge in [-0.2, -0.15) is 0 Å². The van der Waals surface area contributed by atoms with Gasteiger partial charge < -0.3 is 5.11 Å². The molecule has 0 bridgehead atoms. The first-order chi connectivity index (χ1) is 6.04. The number of hydrogen-bond donors (Lipinski definition) is 1. The molecular formula is C9H13F2NO. The Bertz CT molecular complexity index is 266. The molecule has 74 valence electrons. The number of rotatable bonds is 1. The van der Waals surface area contributed by atoms with Crippen LogP contribution in [0.5, 0.6) is 0 Å². The molecule has 0 aromatic rings. The van der Waals surface area contributed by atoms with E-state index in [2.05, 4.69) is 0 Å². The molecule has 3 rings (SSSR count). The van der Waals surface area contributed by atoms with E-state index >= 15 is 0 Å². The van der Waals surface area contributed by atoms with Crippen molar-refractivity contribution in [2.24, 2.45) is 5.41 Å². The van der Waals surface area contributed by atoms with Gasteiger partial charge in [0.15, 0.2) is 0 Å². The Labute approximate surface area is 75.5 Å². The van der Waals surface area contributed by atoms with E-state index in [4.69, 9.17) is 0 Å². The summed E-state index contributed by atoms with van der Waals surface area (Å²) in [4.78, 5) is 2.04. The number of aliphatic hydroxyl groups is 1. The van der Waals surface area contributed by atoms with Crippen molar-refractivity contribution in [1.29, 1.82) is 0 Å². The van der Waals surface area contributed by atoms with Gasteiger partial charge in [0, 0.05) is 25.0 Å². The first-order valence-electron chi connectivity index (χ1n) is 4.78. The van der Waals surface area contributed by atoms with Gasteiger partial charge in [0.2, 0.25) is 0 Å². The monoisotopic (exact) mass is 189 g/mol. The van der Waals surface area contributed by atoms with Gasteiger partial charge in [-0.15, -0.1) is 0 Å². The van der Waals surface area contributed by atoms with Gasteiger partial charge in [-0.3, -0.25) is 4.90 Å². The third-order valence-corrected chi connectivity index (χ3v) is 4.18. The molecule has 2 heterocycles. The summed E-state index contributed by atoms with van der Waals surface area (Å²) in [5.41, 5.74) is -1.02. The molecule has 3 fully saturated rings. The second-order valence-corrected chi connectivity index (χ2v) is 4.89. The number of fused-ring (bicyclic) bond motifs is 1. The Morgan fingerprint density at radius 3 is 2.31 bits per heavy atom. The standard InChI is InChI=1S/C9H13F2NO/c10-9(11)4-7(9)3-8(6-13)1-2-12(8)5-7/h13H,1-6H2/t7-,8+/m0/s1. The highest BCUT2D eigenvalue weighted by atomic mass is 19.3. The highest BCUT2D eigenvalue weighted by Crippen LogP contribution is 2.70. The summed E-state index contributed by atoms with van der Waals surface area (Å²) in [7, 11) is 0. The third kappa shape index (κ3) is 0.749. The lowest BCUT2D eigenvalue weighted by Crippen LogP contribution is -2.57. The second kappa shape index (κ2) is 1.91. The van der Waals surface area contributed by atoms with Crippen LogP contribution in [0.4, 0.5) is 8.78 Å². The van der Waals surface area contributed by atoms with Crippen LogP contribution in [0.3, 0.4) is 0 Å². The van der Waals surface area contributed by atoms with Crippen molar-refractivity contribution in [3.8, 4) is 0 Å². The van der Waals surface area contributed by atoms with Gasteiger partial charge in [-0.05, 0) is 12.8 Å². The lowest BCUT2D eigenvalue weighted by atomic mass is 9.83. The lowest BCUT2D eigenvalue weighted by molar-refractivity contribution is -0.0190.